The molecule has 110 valence electrons. The maximum absolute atomic E-state index is 11.0. The minimum atomic E-state index is -0.669. The fourth-order valence-corrected chi connectivity index (χ4v) is 3.69. The van der Waals surface area contributed by atoms with Crippen LogP contribution in [0.25, 0.3) is 0 Å². The Labute approximate surface area is 115 Å². The lowest BCUT2D eigenvalue weighted by atomic mass is 9.91. The molecule has 3 atom stereocenters. The van der Waals surface area contributed by atoms with Crippen molar-refractivity contribution < 1.29 is 15.0 Å². The molecule has 2 fully saturated rings. The summed E-state index contributed by atoms with van der Waals surface area (Å²) in [5.41, 5.74) is 0. The zero-order chi connectivity index (χ0) is 13.8. The lowest BCUT2D eigenvalue weighted by molar-refractivity contribution is -0.144. The highest BCUT2D eigenvalue weighted by Crippen LogP contribution is 2.29. The molecule has 0 aromatic carbocycles. The van der Waals surface area contributed by atoms with E-state index in [-0.39, 0.29) is 18.1 Å². The first-order chi connectivity index (χ1) is 9.06. The van der Waals surface area contributed by atoms with Gasteiger partial charge in [-0.05, 0) is 38.6 Å². The van der Waals surface area contributed by atoms with Gasteiger partial charge in [0.2, 0.25) is 0 Å². The van der Waals surface area contributed by atoms with E-state index >= 15 is 0 Å². The first-order valence-electron chi connectivity index (χ1n) is 7.71. The van der Waals surface area contributed by atoms with Crippen molar-refractivity contribution >= 4 is 5.97 Å². The summed E-state index contributed by atoms with van der Waals surface area (Å²) in [5, 5.41) is 19.2. The van der Waals surface area contributed by atoms with Gasteiger partial charge in [-0.15, -0.1) is 0 Å². The van der Waals surface area contributed by atoms with Crippen LogP contribution in [0.5, 0.6) is 0 Å². The van der Waals surface area contributed by atoms with Crippen molar-refractivity contribution in [3.63, 3.8) is 0 Å². The molecular weight excluding hydrogens is 242 g/mol. The lowest BCUT2D eigenvalue weighted by Gasteiger charge is -2.37. The monoisotopic (exact) mass is 269 g/mol. The first kappa shape index (κ1) is 14.8. The third kappa shape index (κ3) is 4.18. The summed E-state index contributed by atoms with van der Waals surface area (Å²) in [4.78, 5) is 13.3. The van der Waals surface area contributed by atoms with Gasteiger partial charge in [-0.1, -0.05) is 25.7 Å². The van der Waals surface area contributed by atoms with Crippen LogP contribution in [0.1, 0.15) is 51.9 Å². The fourth-order valence-electron chi connectivity index (χ4n) is 3.69. The molecule has 0 bridgehead atoms. The van der Waals surface area contributed by atoms with Gasteiger partial charge in [0.05, 0.1) is 12.0 Å². The zero-order valence-corrected chi connectivity index (χ0v) is 11.9. The summed E-state index contributed by atoms with van der Waals surface area (Å²) in [7, 11) is 0. The second kappa shape index (κ2) is 6.71. The molecule has 19 heavy (non-hydrogen) atoms. The van der Waals surface area contributed by atoms with Crippen LogP contribution in [0.4, 0.5) is 0 Å². The van der Waals surface area contributed by atoms with Gasteiger partial charge in [-0.2, -0.15) is 0 Å². The summed E-state index contributed by atoms with van der Waals surface area (Å²) in [6, 6.07) is 0.271. The Bertz CT molecular complexity index is 302. The molecule has 1 aliphatic carbocycles. The second-order valence-electron chi connectivity index (χ2n) is 6.44. The molecule has 4 nitrogen and oxygen atoms in total. The number of aliphatic carboxylic acids is 1. The van der Waals surface area contributed by atoms with Crippen LogP contribution in [0, 0.1) is 11.8 Å². The number of hydrogen-bond acceptors (Lipinski definition) is 3. The van der Waals surface area contributed by atoms with Crippen molar-refractivity contribution in [1.29, 1.82) is 0 Å². The van der Waals surface area contributed by atoms with Gasteiger partial charge < -0.3 is 10.2 Å². The SMILES string of the molecule is CC1CC(C(=O)O)CCN1CC(O)CC1CCCC1. The second-order valence-corrected chi connectivity index (χ2v) is 6.44. The molecule has 0 spiro atoms. The Balaban J connectivity index is 1.74. The van der Waals surface area contributed by atoms with Crippen LogP contribution in [-0.2, 0) is 4.79 Å². The predicted molar refractivity (Wildman–Crippen MR) is 74.0 cm³/mol. The number of carboxylic acid groups (broad SMARTS) is 1. The molecule has 0 radical (unpaired) electrons. The average molecular weight is 269 g/mol. The normalized spacial score (nSPS) is 31.5. The average Bonchev–Trinajstić information content (AvgIpc) is 2.84. The standard InChI is InChI=1S/C15H27NO3/c1-11-8-13(15(18)19)6-7-16(11)10-14(17)9-12-4-2-3-5-12/h11-14,17H,2-10H2,1H3,(H,18,19). The zero-order valence-electron chi connectivity index (χ0n) is 11.9. The van der Waals surface area contributed by atoms with E-state index in [1.54, 1.807) is 0 Å². The number of aliphatic hydroxyl groups excluding tert-OH is 1. The van der Waals surface area contributed by atoms with Crippen molar-refractivity contribution in [1.82, 2.24) is 4.90 Å². The van der Waals surface area contributed by atoms with Crippen LogP contribution in [-0.4, -0.2) is 46.3 Å². The molecule has 2 aliphatic rings. The Morgan fingerprint density at radius 2 is 2.00 bits per heavy atom. The molecule has 1 heterocycles. The number of aliphatic hydroxyl groups is 1. The van der Waals surface area contributed by atoms with E-state index in [0.717, 1.165) is 19.4 Å². The third-order valence-corrected chi connectivity index (χ3v) is 4.89. The van der Waals surface area contributed by atoms with Crippen molar-refractivity contribution in [3.8, 4) is 0 Å². The smallest absolute Gasteiger partial charge is 0.306 e. The van der Waals surface area contributed by atoms with Crippen molar-refractivity contribution in [2.45, 2.75) is 64.0 Å². The molecule has 2 N–H and O–H groups in total. The Morgan fingerprint density at radius 1 is 1.32 bits per heavy atom. The summed E-state index contributed by atoms with van der Waals surface area (Å²) in [6.45, 7) is 3.60. The molecule has 2 rings (SSSR count). The minimum absolute atomic E-state index is 0.196. The molecule has 1 saturated heterocycles. The molecular formula is C15H27NO3. The van der Waals surface area contributed by atoms with Crippen molar-refractivity contribution in [2.24, 2.45) is 11.8 Å². The topological polar surface area (TPSA) is 60.8 Å². The molecule has 1 aliphatic heterocycles. The molecule has 0 aromatic heterocycles. The highest BCUT2D eigenvalue weighted by atomic mass is 16.4. The maximum Gasteiger partial charge on any atom is 0.306 e. The predicted octanol–water partition coefficient (Wildman–Crippen LogP) is 2.11. The van der Waals surface area contributed by atoms with E-state index < -0.39 is 5.97 Å². The van der Waals surface area contributed by atoms with Crippen molar-refractivity contribution in [3.05, 3.63) is 0 Å². The molecule has 0 amide bonds. The van der Waals surface area contributed by atoms with Crippen LogP contribution >= 0.6 is 0 Å². The maximum atomic E-state index is 11.0. The number of likely N-dealkylation sites (tertiary alicyclic amines) is 1. The number of β-amino-alcohol motifs (C(OH)–C–C–N with tert-alkyl or cyclic N) is 1. The number of carboxylic acids is 1. The van der Waals surface area contributed by atoms with Crippen LogP contribution in [0.3, 0.4) is 0 Å². The Morgan fingerprint density at radius 3 is 2.58 bits per heavy atom. The minimum Gasteiger partial charge on any atom is -0.481 e. The first-order valence-corrected chi connectivity index (χ1v) is 7.71. The Kier molecular flexibility index (Phi) is 5.22. The van der Waals surface area contributed by atoms with Crippen LogP contribution < -0.4 is 0 Å². The number of rotatable bonds is 5. The van der Waals surface area contributed by atoms with Crippen LogP contribution in [0.15, 0.2) is 0 Å². The number of hydrogen-bond donors (Lipinski definition) is 2. The molecule has 4 heteroatoms. The molecule has 3 unspecified atom stereocenters. The Hall–Kier alpha value is -0.610. The number of piperidine rings is 1. The van der Waals surface area contributed by atoms with E-state index in [2.05, 4.69) is 11.8 Å². The lowest BCUT2D eigenvalue weighted by Crippen LogP contribution is -2.46. The van der Waals surface area contributed by atoms with Gasteiger partial charge in [0.15, 0.2) is 0 Å². The van der Waals surface area contributed by atoms with Crippen LogP contribution in [0.2, 0.25) is 0 Å². The number of nitrogens with zero attached hydrogens (tertiary/aromatic N) is 1. The van der Waals surface area contributed by atoms with E-state index in [4.69, 9.17) is 5.11 Å². The van der Waals surface area contributed by atoms with Gasteiger partial charge in [0, 0.05) is 12.6 Å². The van der Waals surface area contributed by atoms with Gasteiger partial charge in [0.1, 0.15) is 0 Å². The summed E-state index contributed by atoms with van der Waals surface area (Å²) < 4.78 is 0. The highest BCUT2D eigenvalue weighted by Gasteiger charge is 2.31. The van der Waals surface area contributed by atoms with Crippen molar-refractivity contribution in [2.75, 3.05) is 13.1 Å². The van der Waals surface area contributed by atoms with E-state index in [1.807, 2.05) is 0 Å². The fraction of sp³-hybridized carbons (Fsp3) is 0.933. The number of carbonyl (C=O) groups is 1. The summed E-state index contributed by atoms with van der Waals surface area (Å²) in [5.74, 6) is -0.155. The quantitative estimate of drug-likeness (QED) is 0.802. The van der Waals surface area contributed by atoms with Gasteiger partial charge in [0.25, 0.3) is 0 Å². The third-order valence-electron chi connectivity index (χ3n) is 4.89. The largest absolute Gasteiger partial charge is 0.481 e. The summed E-state index contributed by atoms with van der Waals surface area (Å²) >= 11 is 0. The van der Waals surface area contributed by atoms with Gasteiger partial charge in [-0.25, -0.2) is 0 Å². The van der Waals surface area contributed by atoms with E-state index in [0.29, 0.717) is 18.9 Å². The van der Waals surface area contributed by atoms with Gasteiger partial charge >= 0.3 is 5.97 Å². The van der Waals surface area contributed by atoms with E-state index in [9.17, 15) is 9.90 Å². The highest BCUT2D eigenvalue weighted by molar-refractivity contribution is 5.70. The van der Waals surface area contributed by atoms with Gasteiger partial charge in [-0.3, -0.25) is 9.69 Å². The summed E-state index contributed by atoms with van der Waals surface area (Å²) in [6.07, 6.45) is 7.29. The molecule has 1 saturated carbocycles. The van der Waals surface area contributed by atoms with E-state index in [1.165, 1.54) is 25.7 Å². The molecule has 0 aromatic rings.